The summed E-state index contributed by atoms with van der Waals surface area (Å²) in [6, 6.07) is 45.0. The van der Waals surface area contributed by atoms with E-state index in [2.05, 4.69) is 60.7 Å². The summed E-state index contributed by atoms with van der Waals surface area (Å²) in [7, 11) is 0. The Labute approximate surface area is 256 Å². The molecule has 0 aliphatic rings. The zero-order chi connectivity index (χ0) is 29.0. The molecule has 0 spiro atoms. The standard InChI is InChI=1S/C38H22N4OS/c1-3-11-24(12-4-1)35-40-36(25-13-5-2-6-14-25)42-37(41-35)26-21-19-23(20-22-26)33-31-27-15-7-9-17-29(27)43-34(31)32-28-16-8-10-18-30(28)44-38(32)39-33/h1-22H. The number of fused-ring (bicyclic) bond motifs is 7. The van der Waals surface area contributed by atoms with E-state index >= 15 is 0 Å². The van der Waals surface area contributed by atoms with Gasteiger partial charge in [-0.25, -0.2) is 19.9 Å². The molecule has 4 aromatic heterocycles. The average Bonchev–Trinajstić information content (AvgIpc) is 3.67. The third kappa shape index (κ3) is 4.00. The lowest BCUT2D eigenvalue weighted by Crippen LogP contribution is -2.00. The van der Waals surface area contributed by atoms with Gasteiger partial charge in [0.2, 0.25) is 0 Å². The zero-order valence-corrected chi connectivity index (χ0v) is 24.1. The van der Waals surface area contributed by atoms with Gasteiger partial charge >= 0.3 is 0 Å². The predicted octanol–water partition coefficient (Wildman–Crippen LogP) is 10.2. The topological polar surface area (TPSA) is 64.7 Å². The van der Waals surface area contributed by atoms with Gasteiger partial charge in [-0.1, -0.05) is 121 Å². The number of furan rings is 1. The van der Waals surface area contributed by atoms with Gasteiger partial charge in [0.25, 0.3) is 0 Å². The van der Waals surface area contributed by atoms with Crippen LogP contribution >= 0.6 is 11.3 Å². The van der Waals surface area contributed by atoms with Gasteiger partial charge in [0.15, 0.2) is 17.5 Å². The molecule has 6 heteroatoms. The molecule has 0 N–H and O–H groups in total. The molecule has 44 heavy (non-hydrogen) atoms. The fourth-order valence-corrected chi connectivity index (χ4v) is 6.95. The van der Waals surface area contributed by atoms with Gasteiger partial charge in [0.05, 0.1) is 16.5 Å². The lowest BCUT2D eigenvalue weighted by atomic mass is 10.0. The Morgan fingerprint density at radius 2 is 0.955 bits per heavy atom. The Kier molecular flexibility index (Phi) is 5.61. The Bertz CT molecular complexity index is 2430. The summed E-state index contributed by atoms with van der Waals surface area (Å²) in [5.74, 6) is 1.90. The van der Waals surface area contributed by atoms with Crippen LogP contribution < -0.4 is 0 Å². The van der Waals surface area contributed by atoms with Gasteiger partial charge in [-0.2, -0.15) is 0 Å². The van der Waals surface area contributed by atoms with Gasteiger partial charge in [0, 0.05) is 37.7 Å². The minimum atomic E-state index is 0.621. The minimum Gasteiger partial charge on any atom is -0.455 e. The predicted molar refractivity (Wildman–Crippen MR) is 180 cm³/mol. The quantitative estimate of drug-likeness (QED) is 0.207. The normalized spacial score (nSPS) is 11.6. The maximum atomic E-state index is 6.54. The molecule has 0 unspecified atom stereocenters. The number of pyridine rings is 1. The molecule has 206 valence electrons. The molecule has 9 rings (SSSR count). The maximum absolute atomic E-state index is 6.54. The lowest BCUT2D eigenvalue weighted by Gasteiger charge is -2.09. The molecule has 9 aromatic rings. The Hall–Kier alpha value is -5.72. The highest BCUT2D eigenvalue weighted by molar-refractivity contribution is 7.25. The summed E-state index contributed by atoms with van der Waals surface area (Å²) in [6.07, 6.45) is 0. The number of aromatic nitrogens is 4. The number of para-hydroxylation sites is 1. The zero-order valence-electron chi connectivity index (χ0n) is 23.3. The van der Waals surface area contributed by atoms with Crippen molar-refractivity contribution in [2.45, 2.75) is 0 Å². The van der Waals surface area contributed by atoms with Crippen LogP contribution in [0, 0.1) is 0 Å². The van der Waals surface area contributed by atoms with E-state index < -0.39 is 0 Å². The van der Waals surface area contributed by atoms with Crippen molar-refractivity contribution in [1.82, 2.24) is 19.9 Å². The maximum Gasteiger partial charge on any atom is 0.164 e. The number of thiophene rings is 1. The van der Waals surface area contributed by atoms with E-state index in [-0.39, 0.29) is 0 Å². The summed E-state index contributed by atoms with van der Waals surface area (Å²) in [5, 5.41) is 4.33. The van der Waals surface area contributed by atoms with E-state index in [1.54, 1.807) is 11.3 Å². The Morgan fingerprint density at radius 3 is 1.61 bits per heavy atom. The fourth-order valence-electron chi connectivity index (χ4n) is 5.87. The second-order valence-corrected chi connectivity index (χ2v) is 11.7. The molecule has 0 saturated carbocycles. The van der Waals surface area contributed by atoms with Crippen molar-refractivity contribution in [3.63, 3.8) is 0 Å². The van der Waals surface area contributed by atoms with E-state index in [4.69, 9.17) is 24.4 Å². The summed E-state index contributed by atoms with van der Waals surface area (Å²) in [4.78, 5) is 20.9. The summed E-state index contributed by atoms with van der Waals surface area (Å²) in [5.41, 5.74) is 6.44. The summed E-state index contributed by atoms with van der Waals surface area (Å²) < 4.78 is 7.73. The molecule has 0 atom stereocenters. The van der Waals surface area contributed by atoms with Crippen molar-refractivity contribution in [2.24, 2.45) is 0 Å². The van der Waals surface area contributed by atoms with Crippen LogP contribution in [0.4, 0.5) is 0 Å². The van der Waals surface area contributed by atoms with E-state index in [1.807, 2.05) is 72.8 Å². The largest absolute Gasteiger partial charge is 0.455 e. The van der Waals surface area contributed by atoms with E-state index in [9.17, 15) is 0 Å². The fraction of sp³-hybridized carbons (Fsp3) is 0. The van der Waals surface area contributed by atoms with Crippen LogP contribution in [0.2, 0.25) is 0 Å². The van der Waals surface area contributed by atoms with E-state index in [1.165, 1.54) is 10.1 Å². The molecule has 5 nitrogen and oxygen atoms in total. The van der Waals surface area contributed by atoms with Crippen LogP contribution in [0.5, 0.6) is 0 Å². The highest BCUT2D eigenvalue weighted by Gasteiger charge is 2.21. The lowest BCUT2D eigenvalue weighted by molar-refractivity contribution is 0.673. The highest BCUT2D eigenvalue weighted by atomic mass is 32.1. The second kappa shape index (κ2) is 9.93. The minimum absolute atomic E-state index is 0.621. The molecule has 0 aliphatic carbocycles. The van der Waals surface area contributed by atoms with Crippen LogP contribution in [0.1, 0.15) is 0 Å². The molecule has 0 bridgehead atoms. The monoisotopic (exact) mass is 582 g/mol. The van der Waals surface area contributed by atoms with Gasteiger partial charge < -0.3 is 4.42 Å². The average molecular weight is 583 g/mol. The first-order chi connectivity index (χ1) is 21.8. The molecule has 4 heterocycles. The molecule has 0 radical (unpaired) electrons. The van der Waals surface area contributed by atoms with Gasteiger partial charge in [-0.05, 0) is 12.1 Å². The van der Waals surface area contributed by atoms with Crippen molar-refractivity contribution in [2.75, 3.05) is 0 Å². The van der Waals surface area contributed by atoms with E-state index in [0.29, 0.717) is 17.5 Å². The summed E-state index contributed by atoms with van der Waals surface area (Å²) >= 11 is 1.70. The highest BCUT2D eigenvalue weighted by Crippen LogP contribution is 2.44. The number of nitrogens with zero attached hydrogens (tertiary/aromatic N) is 4. The van der Waals surface area contributed by atoms with Crippen molar-refractivity contribution in [3.05, 3.63) is 133 Å². The van der Waals surface area contributed by atoms with Crippen LogP contribution in [-0.4, -0.2) is 19.9 Å². The van der Waals surface area contributed by atoms with Crippen LogP contribution in [-0.2, 0) is 0 Å². The van der Waals surface area contributed by atoms with Gasteiger partial charge in [-0.15, -0.1) is 11.3 Å². The number of rotatable bonds is 4. The van der Waals surface area contributed by atoms with Crippen molar-refractivity contribution >= 4 is 53.6 Å². The van der Waals surface area contributed by atoms with Crippen LogP contribution in [0.15, 0.2) is 138 Å². The summed E-state index contributed by atoms with van der Waals surface area (Å²) in [6.45, 7) is 0. The first-order valence-electron chi connectivity index (χ1n) is 14.4. The van der Waals surface area contributed by atoms with Crippen LogP contribution in [0.3, 0.4) is 0 Å². The van der Waals surface area contributed by atoms with Crippen molar-refractivity contribution in [3.8, 4) is 45.4 Å². The molecule has 0 saturated heterocycles. The van der Waals surface area contributed by atoms with Crippen molar-refractivity contribution in [1.29, 1.82) is 0 Å². The molecular formula is C38H22N4OS. The van der Waals surface area contributed by atoms with E-state index in [0.717, 1.165) is 60.1 Å². The first-order valence-corrected chi connectivity index (χ1v) is 15.2. The number of hydrogen-bond acceptors (Lipinski definition) is 6. The first kappa shape index (κ1) is 24.8. The van der Waals surface area contributed by atoms with Crippen LogP contribution in [0.25, 0.3) is 87.7 Å². The molecule has 0 fully saturated rings. The van der Waals surface area contributed by atoms with Gasteiger partial charge in [0.1, 0.15) is 16.0 Å². The second-order valence-electron chi connectivity index (χ2n) is 10.7. The SMILES string of the molecule is c1ccc(-c2nc(-c3ccccc3)nc(-c3ccc(-c4nc5sc6ccccc6c5c5oc6ccccc6c45)cc3)n2)cc1. The molecule has 0 amide bonds. The van der Waals surface area contributed by atoms with Gasteiger partial charge in [-0.3, -0.25) is 0 Å². The third-order valence-electron chi connectivity index (χ3n) is 7.97. The number of hydrogen-bond donors (Lipinski definition) is 0. The Balaban J connectivity index is 1.23. The van der Waals surface area contributed by atoms with Crippen molar-refractivity contribution < 1.29 is 4.42 Å². The Morgan fingerprint density at radius 1 is 0.432 bits per heavy atom. The third-order valence-corrected chi connectivity index (χ3v) is 9.03. The number of benzene rings is 5. The molecule has 0 aliphatic heterocycles. The molecular weight excluding hydrogens is 561 g/mol. The molecule has 5 aromatic carbocycles. The smallest absolute Gasteiger partial charge is 0.164 e.